The first kappa shape index (κ1) is 14.9. The molecule has 16 heavy (non-hydrogen) atoms. The number of carboxylic acids is 1. The van der Waals surface area contributed by atoms with Crippen molar-refractivity contribution in [1.29, 1.82) is 0 Å². The van der Waals surface area contributed by atoms with Gasteiger partial charge >= 0.3 is 5.97 Å². The van der Waals surface area contributed by atoms with Crippen LogP contribution in [0.4, 0.5) is 0 Å². The molecular weight excluding hydrogens is 200 g/mol. The zero-order chi connectivity index (χ0) is 12.6. The fraction of sp³-hybridized carbons (Fsp3) is 0.643. The second kappa shape index (κ2) is 8.14. The molecule has 2 unspecified atom stereocenters. The number of rotatable bonds is 7. The number of allylic oxidation sites excluding steroid dienone is 4. The highest BCUT2D eigenvalue weighted by Gasteiger charge is 2.26. The van der Waals surface area contributed by atoms with Gasteiger partial charge in [0, 0.05) is 0 Å². The summed E-state index contributed by atoms with van der Waals surface area (Å²) in [5, 5.41) is 9.20. The van der Waals surface area contributed by atoms with Crippen molar-refractivity contribution < 1.29 is 9.90 Å². The van der Waals surface area contributed by atoms with E-state index in [1.165, 1.54) is 5.57 Å². The summed E-state index contributed by atoms with van der Waals surface area (Å²) in [6.45, 7) is 7.95. The standard InChI is InChI=1S/C14H24O2/c1-5-8-9-10-13(11(4)6-2)12(7-3)14(15)16/h5-6,8,12-13H,7,9-10H2,1-4H3,(H,15,16)/b8-5+,11-6+. The van der Waals surface area contributed by atoms with Crippen LogP contribution < -0.4 is 0 Å². The molecule has 0 spiro atoms. The van der Waals surface area contributed by atoms with Gasteiger partial charge in [0.05, 0.1) is 5.92 Å². The van der Waals surface area contributed by atoms with Crippen molar-refractivity contribution in [3.05, 3.63) is 23.8 Å². The van der Waals surface area contributed by atoms with E-state index in [4.69, 9.17) is 0 Å². The molecule has 2 atom stereocenters. The Hall–Kier alpha value is -1.05. The summed E-state index contributed by atoms with van der Waals surface area (Å²) < 4.78 is 0. The maximum Gasteiger partial charge on any atom is 0.307 e. The average Bonchev–Trinajstić information content (AvgIpc) is 2.26. The van der Waals surface area contributed by atoms with E-state index in [9.17, 15) is 9.90 Å². The van der Waals surface area contributed by atoms with Crippen molar-refractivity contribution in [3.8, 4) is 0 Å². The van der Waals surface area contributed by atoms with Crippen LogP contribution in [0.1, 0.15) is 47.0 Å². The van der Waals surface area contributed by atoms with Crippen molar-refractivity contribution in [2.24, 2.45) is 11.8 Å². The fourth-order valence-corrected chi connectivity index (χ4v) is 2.03. The van der Waals surface area contributed by atoms with E-state index in [0.717, 1.165) is 12.8 Å². The monoisotopic (exact) mass is 224 g/mol. The van der Waals surface area contributed by atoms with Crippen LogP contribution in [0.25, 0.3) is 0 Å². The van der Waals surface area contributed by atoms with Gasteiger partial charge in [-0.2, -0.15) is 0 Å². The van der Waals surface area contributed by atoms with Crippen LogP contribution in [-0.4, -0.2) is 11.1 Å². The second-order valence-electron chi connectivity index (χ2n) is 4.14. The lowest BCUT2D eigenvalue weighted by atomic mass is 9.81. The molecule has 0 aliphatic carbocycles. The lowest BCUT2D eigenvalue weighted by Crippen LogP contribution is -2.24. The van der Waals surface area contributed by atoms with Crippen LogP contribution in [0, 0.1) is 11.8 Å². The van der Waals surface area contributed by atoms with E-state index < -0.39 is 5.97 Å². The number of carbonyl (C=O) groups is 1. The maximum atomic E-state index is 11.2. The molecule has 0 heterocycles. The molecule has 0 saturated heterocycles. The van der Waals surface area contributed by atoms with E-state index in [0.29, 0.717) is 6.42 Å². The predicted molar refractivity (Wildman–Crippen MR) is 68.4 cm³/mol. The van der Waals surface area contributed by atoms with Crippen LogP contribution >= 0.6 is 0 Å². The average molecular weight is 224 g/mol. The molecule has 92 valence electrons. The Balaban J connectivity index is 4.70. The van der Waals surface area contributed by atoms with Gasteiger partial charge in [-0.05, 0) is 46.0 Å². The van der Waals surface area contributed by atoms with E-state index >= 15 is 0 Å². The van der Waals surface area contributed by atoms with Gasteiger partial charge in [-0.1, -0.05) is 30.7 Å². The fourth-order valence-electron chi connectivity index (χ4n) is 2.03. The molecule has 0 radical (unpaired) electrons. The largest absolute Gasteiger partial charge is 0.481 e. The van der Waals surface area contributed by atoms with Gasteiger partial charge in [-0.15, -0.1) is 0 Å². The zero-order valence-electron chi connectivity index (χ0n) is 10.9. The lowest BCUT2D eigenvalue weighted by Gasteiger charge is -2.23. The molecule has 0 aromatic rings. The first-order valence-electron chi connectivity index (χ1n) is 6.05. The highest BCUT2D eigenvalue weighted by atomic mass is 16.4. The smallest absolute Gasteiger partial charge is 0.307 e. The van der Waals surface area contributed by atoms with Crippen molar-refractivity contribution in [2.45, 2.75) is 47.0 Å². The third-order valence-electron chi connectivity index (χ3n) is 3.16. The number of aliphatic carboxylic acids is 1. The van der Waals surface area contributed by atoms with E-state index in [1.54, 1.807) is 0 Å². The first-order chi connectivity index (χ1) is 7.58. The van der Waals surface area contributed by atoms with Crippen molar-refractivity contribution >= 4 is 5.97 Å². The van der Waals surface area contributed by atoms with Crippen molar-refractivity contribution in [3.63, 3.8) is 0 Å². The Kier molecular flexibility index (Phi) is 7.61. The molecule has 0 aromatic carbocycles. The summed E-state index contributed by atoms with van der Waals surface area (Å²) in [5.74, 6) is -0.751. The lowest BCUT2D eigenvalue weighted by molar-refractivity contribution is -0.143. The Morgan fingerprint density at radius 1 is 1.31 bits per heavy atom. The number of carboxylic acid groups (broad SMARTS) is 1. The SMILES string of the molecule is C/C=C/CCC(/C(C)=C/C)C(CC)C(=O)O. The minimum absolute atomic E-state index is 0.170. The predicted octanol–water partition coefficient (Wildman–Crippen LogP) is 4.04. The molecule has 0 amide bonds. The quantitative estimate of drug-likeness (QED) is 0.663. The van der Waals surface area contributed by atoms with Gasteiger partial charge < -0.3 is 5.11 Å². The van der Waals surface area contributed by atoms with E-state index in [1.807, 2.05) is 39.8 Å². The molecule has 0 aliphatic heterocycles. The van der Waals surface area contributed by atoms with Gasteiger partial charge in [0.15, 0.2) is 0 Å². The molecule has 2 heteroatoms. The first-order valence-corrected chi connectivity index (χ1v) is 6.05. The highest BCUT2D eigenvalue weighted by molar-refractivity contribution is 5.70. The van der Waals surface area contributed by atoms with Gasteiger partial charge in [-0.3, -0.25) is 4.79 Å². The van der Waals surface area contributed by atoms with Crippen LogP contribution in [0.5, 0.6) is 0 Å². The molecule has 0 fully saturated rings. The van der Waals surface area contributed by atoms with E-state index in [2.05, 4.69) is 6.08 Å². The molecule has 0 bridgehead atoms. The van der Waals surface area contributed by atoms with Crippen LogP contribution in [0.15, 0.2) is 23.8 Å². The Morgan fingerprint density at radius 2 is 1.94 bits per heavy atom. The van der Waals surface area contributed by atoms with Crippen molar-refractivity contribution in [1.82, 2.24) is 0 Å². The van der Waals surface area contributed by atoms with Crippen LogP contribution in [0.2, 0.25) is 0 Å². The number of hydrogen-bond donors (Lipinski definition) is 1. The Morgan fingerprint density at radius 3 is 2.31 bits per heavy atom. The summed E-state index contributed by atoms with van der Waals surface area (Å²) in [4.78, 5) is 11.2. The normalized spacial score (nSPS) is 16.4. The molecule has 0 rings (SSSR count). The summed E-state index contributed by atoms with van der Waals surface area (Å²) >= 11 is 0. The summed E-state index contributed by atoms with van der Waals surface area (Å²) in [6.07, 6.45) is 8.72. The Bertz CT molecular complexity index is 264. The molecule has 2 nitrogen and oxygen atoms in total. The second-order valence-corrected chi connectivity index (χ2v) is 4.14. The summed E-state index contributed by atoms with van der Waals surface area (Å²) in [7, 11) is 0. The maximum absolute atomic E-state index is 11.2. The van der Waals surface area contributed by atoms with Crippen LogP contribution in [-0.2, 0) is 4.79 Å². The minimum atomic E-state index is -0.672. The molecule has 0 aliphatic rings. The van der Waals surface area contributed by atoms with E-state index in [-0.39, 0.29) is 11.8 Å². The summed E-state index contributed by atoms with van der Waals surface area (Å²) in [5.41, 5.74) is 1.19. The molecule has 0 saturated carbocycles. The molecular formula is C14H24O2. The van der Waals surface area contributed by atoms with Gasteiger partial charge in [-0.25, -0.2) is 0 Å². The minimum Gasteiger partial charge on any atom is -0.481 e. The third kappa shape index (κ3) is 4.65. The third-order valence-corrected chi connectivity index (χ3v) is 3.16. The molecule has 1 N–H and O–H groups in total. The highest BCUT2D eigenvalue weighted by Crippen LogP contribution is 2.28. The van der Waals surface area contributed by atoms with Gasteiger partial charge in [0.1, 0.15) is 0 Å². The Labute approximate surface area is 99.1 Å². The topological polar surface area (TPSA) is 37.3 Å². The van der Waals surface area contributed by atoms with Crippen molar-refractivity contribution in [2.75, 3.05) is 0 Å². The van der Waals surface area contributed by atoms with Gasteiger partial charge in [0.25, 0.3) is 0 Å². The van der Waals surface area contributed by atoms with Crippen LogP contribution in [0.3, 0.4) is 0 Å². The summed E-state index contributed by atoms with van der Waals surface area (Å²) in [6, 6.07) is 0. The number of hydrogen-bond acceptors (Lipinski definition) is 1. The van der Waals surface area contributed by atoms with Gasteiger partial charge in [0.2, 0.25) is 0 Å². The molecule has 0 aromatic heterocycles. The zero-order valence-corrected chi connectivity index (χ0v) is 10.9.